The zero-order chi connectivity index (χ0) is 31.6. The fraction of sp³-hybridized carbons (Fsp3) is 0.519. The minimum Gasteiger partial charge on any atom is -0.493 e. The average Bonchev–Trinajstić information content (AvgIpc) is 2.89. The summed E-state index contributed by atoms with van der Waals surface area (Å²) in [5, 5.41) is 0. The number of hydrogen-bond donors (Lipinski definition) is 0. The number of nitrogens with zero attached hydrogens (tertiary/aromatic N) is 2. The lowest BCUT2D eigenvalue weighted by atomic mass is 9.89. The third-order valence-electron chi connectivity index (χ3n) is 6.94. The highest BCUT2D eigenvalue weighted by Crippen LogP contribution is 2.47. The quantitative estimate of drug-likeness (QED) is 0.282. The van der Waals surface area contributed by atoms with Gasteiger partial charge < -0.3 is 19.1 Å². The lowest BCUT2D eigenvalue weighted by Crippen LogP contribution is -2.45. The molecular formula is C27H29F9N2O4. The van der Waals surface area contributed by atoms with E-state index in [1.807, 2.05) is 0 Å². The standard InChI is InChI=1S/C27H29F9N2O4/c1-15-8-20(19-12-22(40-2)23(41-3)13-21(19)37(15)7-5-6-25(28,29)30)38(24(39)42-4)14-16-9-17(26(31,32)33)11-18(10-16)27(34,35)36/h9-13,15,20H,5-8,14H2,1-4H3/t15-,20+/m1/s1. The third-order valence-corrected chi connectivity index (χ3v) is 6.94. The number of rotatable bonds is 8. The highest BCUT2D eigenvalue weighted by molar-refractivity contribution is 5.71. The fourth-order valence-corrected chi connectivity index (χ4v) is 5.03. The molecule has 6 nitrogen and oxygen atoms in total. The van der Waals surface area contributed by atoms with Crippen LogP contribution in [-0.2, 0) is 23.6 Å². The zero-order valence-corrected chi connectivity index (χ0v) is 23.0. The summed E-state index contributed by atoms with van der Waals surface area (Å²) in [7, 11) is 3.67. The van der Waals surface area contributed by atoms with Gasteiger partial charge in [-0.3, -0.25) is 4.90 Å². The molecule has 0 bridgehead atoms. The van der Waals surface area contributed by atoms with Gasteiger partial charge in [-0.15, -0.1) is 0 Å². The molecule has 3 rings (SSSR count). The van der Waals surface area contributed by atoms with Crippen LogP contribution in [0.4, 0.5) is 50.0 Å². The van der Waals surface area contributed by atoms with Crippen molar-refractivity contribution < 1.29 is 58.5 Å². The number of fused-ring (bicyclic) bond motifs is 1. The fourth-order valence-electron chi connectivity index (χ4n) is 5.03. The highest BCUT2D eigenvalue weighted by atomic mass is 19.4. The second kappa shape index (κ2) is 12.4. The van der Waals surface area contributed by atoms with Crippen LogP contribution in [0.1, 0.15) is 54.5 Å². The highest BCUT2D eigenvalue weighted by Gasteiger charge is 2.40. The molecule has 0 spiro atoms. The van der Waals surface area contributed by atoms with Crippen LogP contribution in [0.2, 0.25) is 0 Å². The van der Waals surface area contributed by atoms with Crippen LogP contribution in [0.25, 0.3) is 0 Å². The van der Waals surface area contributed by atoms with E-state index in [9.17, 15) is 44.3 Å². The van der Waals surface area contributed by atoms with Crippen molar-refractivity contribution in [3.63, 3.8) is 0 Å². The van der Waals surface area contributed by atoms with Crippen molar-refractivity contribution in [2.45, 2.75) is 63.3 Å². The first-order chi connectivity index (χ1) is 19.4. The molecule has 0 saturated heterocycles. The van der Waals surface area contributed by atoms with Gasteiger partial charge in [0.15, 0.2) is 11.5 Å². The van der Waals surface area contributed by atoms with Crippen molar-refractivity contribution >= 4 is 11.8 Å². The number of alkyl halides is 9. The van der Waals surface area contributed by atoms with Gasteiger partial charge in [0.05, 0.1) is 38.5 Å². The largest absolute Gasteiger partial charge is 0.493 e. The van der Waals surface area contributed by atoms with Gasteiger partial charge in [-0.2, -0.15) is 39.5 Å². The number of ether oxygens (including phenoxy) is 3. The molecule has 0 N–H and O–H groups in total. The van der Waals surface area contributed by atoms with Gasteiger partial charge in [0, 0.05) is 42.9 Å². The van der Waals surface area contributed by atoms with Gasteiger partial charge in [0.25, 0.3) is 0 Å². The van der Waals surface area contributed by atoms with Gasteiger partial charge in [-0.1, -0.05) is 0 Å². The molecule has 1 aliphatic rings. The minimum absolute atomic E-state index is 0.0140. The number of hydrogen-bond acceptors (Lipinski definition) is 5. The summed E-state index contributed by atoms with van der Waals surface area (Å²) in [6.45, 7) is 0.956. The Morgan fingerprint density at radius 3 is 1.90 bits per heavy atom. The molecule has 15 heteroatoms. The summed E-state index contributed by atoms with van der Waals surface area (Å²) in [5.41, 5.74) is -2.84. The number of carbonyl (C=O) groups excluding carboxylic acids is 1. The number of methoxy groups -OCH3 is 3. The molecule has 2 aromatic carbocycles. The molecule has 0 aliphatic carbocycles. The van der Waals surface area contributed by atoms with Crippen molar-refractivity contribution in [1.82, 2.24) is 4.90 Å². The number of amides is 1. The zero-order valence-electron chi connectivity index (χ0n) is 23.0. The van der Waals surface area contributed by atoms with Crippen LogP contribution in [0.15, 0.2) is 30.3 Å². The van der Waals surface area contributed by atoms with Gasteiger partial charge in [-0.05, 0) is 49.6 Å². The molecule has 0 unspecified atom stereocenters. The Hall–Kier alpha value is -3.52. The predicted molar refractivity (Wildman–Crippen MR) is 133 cm³/mol. The average molecular weight is 617 g/mol. The summed E-state index contributed by atoms with van der Waals surface area (Å²) in [6, 6.07) is 2.54. The van der Waals surface area contributed by atoms with Crippen molar-refractivity contribution in [3.8, 4) is 11.5 Å². The van der Waals surface area contributed by atoms with E-state index in [4.69, 9.17) is 14.2 Å². The third kappa shape index (κ3) is 7.65. The van der Waals surface area contributed by atoms with E-state index in [1.165, 1.54) is 26.4 Å². The monoisotopic (exact) mass is 616 g/mol. The van der Waals surface area contributed by atoms with Crippen LogP contribution in [0, 0.1) is 0 Å². The van der Waals surface area contributed by atoms with Crippen LogP contribution in [0.3, 0.4) is 0 Å². The Morgan fingerprint density at radius 2 is 1.43 bits per heavy atom. The predicted octanol–water partition coefficient (Wildman–Crippen LogP) is 7.99. The van der Waals surface area contributed by atoms with Crippen LogP contribution in [-0.4, -0.2) is 51.1 Å². The maximum Gasteiger partial charge on any atom is 0.416 e. The molecule has 0 aromatic heterocycles. The van der Waals surface area contributed by atoms with Crippen LogP contribution >= 0.6 is 0 Å². The molecule has 42 heavy (non-hydrogen) atoms. The number of anilines is 1. The molecule has 0 fully saturated rings. The molecule has 2 atom stereocenters. The number of halogens is 9. The first kappa shape index (κ1) is 33.0. The number of carbonyl (C=O) groups is 1. The molecule has 1 heterocycles. The Labute approximate surface area is 235 Å². The van der Waals surface area contributed by atoms with Crippen molar-refractivity contribution in [2.75, 3.05) is 32.8 Å². The topological polar surface area (TPSA) is 51.2 Å². The molecule has 1 amide bonds. The normalized spacial score (nSPS) is 17.5. The van der Waals surface area contributed by atoms with E-state index in [1.54, 1.807) is 11.8 Å². The summed E-state index contributed by atoms with van der Waals surface area (Å²) in [5.74, 6) is 0.413. The van der Waals surface area contributed by atoms with E-state index in [0.29, 0.717) is 23.4 Å². The maximum absolute atomic E-state index is 13.5. The SMILES string of the molecule is COC(=O)N(Cc1cc(C(F)(F)F)cc(C(F)(F)F)c1)[C@H]1C[C@@H](C)N(CCCC(F)(F)F)c2cc(OC)c(OC)cc21. The van der Waals surface area contributed by atoms with Gasteiger partial charge in [-0.25, -0.2) is 4.79 Å². The van der Waals surface area contributed by atoms with Gasteiger partial charge >= 0.3 is 24.6 Å². The lowest BCUT2D eigenvalue weighted by Gasteiger charge is -2.44. The van der Waals surface area contributed by atoms with E-state index < -0.39 is 66.4 Å². The van der Waals surface area contributed by atoms with Crippen molar-refractivity contribution in [2.24, 2.45) is 0 Å². The van der Waals surface area contributed by atoms with E-state index in [-0.39, 0.29) is 37.0 Å². The Bertz CT molecular complexity index is 1230. The van der Waals surface area contributed by atoms with E-state index >= 15 is 0 Å². The van der Waals surface area contributed by atoms with Gasteiger partial charge in [0.2, 0.25) is 0 Å². The summed E-state index contributed by atoms with van der Waals surface area (Å²) in [4.78, 5) is 15.7. The Morgan fingerprint density at radius 1 is 0.881 bits per heavy atom. The van der Waals surface area contributed by atoms with Crippen LogP contribution < -0.4 is 14.4 Å². The minimum atomic E-state index is -5.10. The number of benzene rings is 2. The second-order valence-corrected chi connectivity index (χ2v) is 9.79. The summed E-state index contributed by atoms with van der Waals surface area (Å²) < 4.78 is 135. The molecule has 1 aliphatic heterocycles. The molecule has 234 valence electrons. The smallest absolute Gasteiger partial charge is 0.416 e. The lowest BCUT2D eigenvalue weighted by molar-refractivity contribution is -0.143. The second-order valence-electron chi connectivity index (χ2n) is 9.79. The molecule has 0 radical (unpaired) electrons. The molecule has 0 saturated carbocycles. The summed E-state index contributed by atoms with van der Waals surface area (Å²) in [6.07, 6.45) is -16.9. The van der Waals surface area contributed by atoms with E-state index in [2.05, 4.69) is 0 Å². The Balaban J connectivity index is 2.14. The summed E-state index contributed by atoms with van der Waals surface area (Å²) >= 11 is 0. The maximum atomic E-state index is 13.5. The molecule has 2 aromatic rings. The molecular weight excluding hydrogens is 587 g/mol. The van der Waals surface area contributed by atoms with Gasteiger partial charge in [0.1, 0.15) is 0 Å². The van der Waals surface area contributed by atoms with Crippen LogP contribution in [0.5, 0.6) is 11.5 Å². The first-order valence-electron chi connectivity index (χ1n) is 12.6. The van der Waals surface area contributed by atoms with Crippen molar-refractivity contribution in [1.29, 1.82) is 0 Å². The first-order valence-corrected chi connectivity index (χ1v) is 12.6. The Kier molecular flexibility index (Phi) is 9.72. The van der Waals surface area contributed by atoms with Crippen molar-refractivity contribution in [3.05, 3.63) is 52.6 Å². The van der Waals surface area contributed by atoms with E-state index in [0.717, 1.165) is 12.0 Å².